The van der Waals surface area contributed by atoms with Gasteiger partial charge in [-0.05, 0) is 55.2 Å². The molecule has 170 valence electrons. The van der Waals surface area contributed by atoms with E-state index in [1.807, 2.05) is 48.5 Å². The highest BCUT2D eigenvalue weighted by atomic mass is 16.5. The largest absolute Gasteiger partial charge is 0.491 e. The van der Waals surface area contributed by atoms with Gasteiger partial charge >= 0.3 is 0 Å². The van der Waals surface area contributed by atoms with Crippen molar-refractivity contribution >= 4 is 16.9 Å². The molecule has 0 aliphatic heterocycles. The molecule has 1 heterocycles. The van der Waals surface area contributed by atoms with Crippen molar-refractivity contribution in [1.82, 2.24) is 14.9 Å². The second-order valence-corrected chi connectivity index (χ2v) is 8.30. The summed E-state index contributed by atoms with van der Waals surface area (Å²) < 4.78 is 8.30. The monoisotopic (exact) mass is 441 g/mol. The number of hydrogen-bond donors (Lipinski definition) is 1. The SMILES string of the molecule is Cc1cccc(OCCn2c(CCNC(=O)CCc3ccccc3)nc3ccccc32)c1C. The van der Waals surface area contributed by atoms with Crippen LogP contribution in [0.15, 0.2) is 72.8 Å². The predicted octanol–water partition coefficient (Wildman–Crippen LogP) is 5.02. The molecule has 1 N–H and O–H groups in total. The Balaban J connectivity index is 1.35. The number of amides is 1. The van der Waals surface area contributed by atoms with Crippen LogP contribution in [0.2, 0.25) is 0 Å². The third kappa shape index (κ3) is 5.80. The van der Waals surface area contributed by atoms with Gasteiger partial charge in [-0.1, -0.05) is 54.6 Å². The molecule has 4 rings (SSSR count). The molecule has 0 spiro atoms. The summed E-state index contributed by atoms with van der Waals surface area (Å²) >= 11 is 0. The van der Waals surface area contributed by atoms with Crippen LogP contribution in [0.5, 0.6) is 5.75 Å². The minimum absolute atomic E-state index is 0.0692. The predicted molar refractivity (Wildman–Crippen MR) is 133 cm³/mol. The van der Waals surface area contributed by atoms with Crippen molar-refractivity contribution in [2.24, 2.45) is 0 Å². The molecular formula is C28H31N3O2. The molecular weight excluding hydrogens is 410 g/mol. The molecule has 0 aliphatic rings. The summed E-state index contributed by atoms with van der Waals surface area (Å²) in [7, 11) is 0. The van der Waals surface area contributed by atoms with Crippen molar-refractivity contribution in [2.45, 2.75) is 39.7 Å². The van der Waals surface area contributed by atoms with E-state index in [1.165, 1.54) is 16.7 Å². The van der Waals surface area contributed by atoms with E-state index in [4.69, 9.17) is 9.72 Å². The Labute approximate surface area is 195 Å². The zero-order valence-corrected chi connectivity index (χ0v) is 19.4. The molecule has 0 unspecified atom stereocenters. The third-order valence-corrected chi connectivity index (χ3v) is 6.02. The van der Waals surface area contributed by atoms with Gasteiger partial charge in [0.15, 0.2) is 0 Å². The number of imidazole rings is 1. The Morgan fingerprint density at radius 3 is 2.58 bits per heavy atom. The average Bonchev–Trinajstić information content (AvgIpc) is 3.18. The number of aryl methyl sites for hydroxylation is 2. The quantitative estimate of drug-likeness (QED) is 0.376. The second kappa shape index (κ2) is 10.8. The van der Waals surface area contributed by atoms with Crippen LogP contribution in [0, 0.1) is 13.8 Å². The molecule has 3 aromatic carbocycles. The van der Waals surface area contributed by atoms with E-state index >= 15 is 0 Å². The zero-order valence-electron chi connectivity index (χ0n) is 19.4. The highest BCUT2D eigenvalue weighted by molar-refractivity contribution is 5.77. The van der Waals surface area contributed by atoms with E-state index in [-0.39, 0.29) is 5.91 Å². The molecule has 1 aromatic heterocycles. The van der Waals surface area contributed by atoms with Crippen molar-refractivity contribution in [3.63, 3.8) is 0 Å². The highest BCUT2D eigenvalue weighted by Crippen LogP contribution is 2.21. The number of rotatable bonds is 10. The lowest BCUT2D eigenvalue weighted by Gasteiger charge is -2.13. The van der Waals surface area contributed by atoms with Crippen molar-refractivity contribution in [3.05, 3.63) is 95.3 Å². The second-order valence-electron chi connectivity index (χ2n) is 8.30. The van der Waals surface area contributed by atoms with Gasteiger partial charge in [0, 0.05) is 19.4 Å². The van der Waals surface area contributed by atoms with Crippen LogP contribution in [0.4, 0.5) is 0 Å². The number of ether oxygens (including phenoxy) is 1. The van der Waals surface area contributed by atoms with Crippen molar-refractivity contribution in [2.75, 3.05) is 13.2 Å². The Bertz CT molecular complexity index is 1210. The van der Waals surface area contributed by atoms with Crippen molar-refractivity contribution in [1.29, 1.82) is 0 Å². The molecule has 0 atom stereocenters. The van der Waals surface area contributed by atoms with Gasteiger partial charge in [0.05, 0.1) is 17.6 Å². The van der Waals surface area contributed by atoms with Crippen LogP contribution in [-0.2, 0) is 24.2 Å². The van der Waals surface area contributed by atoms with Gasteiger partial charge in [0.2, 0.25) is 5.91 Å². The first-order valence-corrected chi connectivity index (χ1v) is 11.6. The summed E-state index contributed by atoms with van der Waals surface area (Å²) in [5, 5.41) is 3.05. The van der Waals surface area contributed by atoms with Gasteiger partial charge in [0.1, 0.15) is 18.2 Å². The summed E-state index contributed by atoms with van der Waals surface area (Å²) in [5.74, 6) is 1.95. The van der Waals surface area contributed by atoms with E-state index < -0.39 is 0 Å². The van der Waals surface area contributed by atoms with Gasteiger partial charge in [0.25, 0.3) is 0 Å². The number of carbonyl (C=O) groups is 1. The Kier molecular flexibility index (Phi) is 7.40. The maximum atomic E-state index is 12.3. The number of aromatic nitrogens is 2. The fourth-order valence-electron chi connectivity index (χ4n) is 4.00. The summed E-state index contributed by atoms with van der Waals surface area (Å²) in [5.41, 5.74) is 5.64. The zero-order chi connectivity index (χ0) is 23.0. The van der Waals surface area contributed by atoms with Crippen LogP contribution in [-0.4, -0.2) is 28.6 Å². The van der Waals surface area contributed by atoms with E-state index in [9.17, 15) is 4.79 Å². The van der Waals surface area contributed by atoms with E-state index in [2.05, 4.69) is 48.0 Å². The lowest BCUT2D eigenvalue weighted by Crippen LogP contribution is -2.27. The van der Waals surface area contributed by atoms with Gasteiger partial charge in [-0.2, -0.15) is 0 Å². The highest BCUT2D eigenvalue weighted by Gasteiger charge is 2.12. The maximum absolute atomic E-state index is 12.3. The van der Waals surface area contributed by atoms with Crippen LogP contribution in [0.1, 0.15) is 28.9 Å². The van der Waals surface area contributed by atoms with Crippen LogP contribution < -0.4 is 10.1 Å². The minimum Gasteiger partial charge on any atom is -0.491 e. The van der Waals surface area contributed by atoms with Gasteiger partial charge in [-0.25, -0.2) is 4.98 Å². The summed E-state index contributed by atoms with van der Waals surface area (Å²) in [6, 6.07) is 24.4. The fraction of sp³-hybridized carbons (Fsp3) is 0.286. The Hall–Kier alpha value is -3.60. The molecule has 33 heavy (non-hydrogen) atoms. The Morgan fingerprint density at radius 2 is 1.73 bits per heavy atom. The molecule has 0 radical (unpaired) electrons. The standard InChI is InChI=1S/C28H31N3O2/c1-21-9-8-14-26(22(21)2)33-20-19-31-25-13-7-6-12-24(25)30-27(31)17-18-29-28(32)16-15-23-10-4-3-5-11-23/h3-14H,15-20H2,1-2H3,(H,29,32). The van der Waals surface area contributed by atoms with E-state index in [0.29, 0.717) is 32.5 Å². The number of hydrogen-bond acceptors (Lipinski definition) is 3. The lowest BCUT2D eigenvalue weighted by atomic mass is 10.1. The first kappa shape index (κ1) is 22.6. The van der Waals surface area contributed by atoms with Crippen LogP contribution >= 0.6 is 0 Å². The van der Waals surface area contributed by atoms with E-state index in [0.717, 1.165) is 29.0 Å². The van der Waals surface area contributed by atoms with Crippen molar-refractivity contribution in [3.8, 4) is 5.75 Å². The van der Waals surface area contributed by atoms with Gasteiger partial charge in [-0.3, -0.25) is 4.79 Å². The molecule has 1 amide bonds. The first-order valence-electron chi connectivity index (χ1n) is 11.6. The lowest BCUT2D eigenvalue weighted by molar-refractivity contribution is -0.121. The average molecular weight is 442 g/mol. The molecule has 0 bridgehead atoms. The summed E-state index contributed by atoms with van der Waals surface area (Å²) in [4.78, 5) is 17.1. The first-order chi connectivity index (χ1) is 16.1. The summed E-state index contributed by atoms with van der Waals surface area (Å²) in [6.07, 6.45) is 1.92. The number of nitrogens with zero attached hydrogens (tertiary/aromatic N) is 2. The maximum Gasteiger partial charge on any atom is 0.220 e. The summed E-state index contributed by atoms with van der Waals surface area (Å²) in [6.45, 7) is 6.00. The van der Waals surface area contributed by atoms with Gasteiger partial charge in [-0.15, -0.1) is 0 Å². The molecule has 5 heteroatoms. The molecule has 0 saturated heterocycles. The van der Waals surface area contributed by atoms with Crippen LogP contribution in [0.3, 0.4) is 0 Å². The fourth-order valence-corrected chi connectivity index (χ4v) is 4.00. The Morgan fingerprint density at radius 1 is 0.939 bits per heavy atom. The molecule has 4 aromatic rings. The number of carbonyl (C=O) groups excluding carboxylic acids is 1. The topological polar surface area (TPSA) is 56.1 Å². The molecule has 5 nitrogen and oxygen atoms in total. The number of benzene rings is 3. The molecule has 0 aliphatic carbocycles. The number of fused-ring (bicyclic) bond motifs is 1. The van der Waals surface area contributed by atoms with Gasteiger partial charge < -0.3 is 14.6 Å². The van der Waals surface area contributed by atoms with E-state index in [1.54, 1.807) is 0 Å². The molecule has 0 fully saturated rings. The minimum atomic E-state index is 0.0692. The van der Waals surface area contributed by atoms with Crippen LogP contribution in [0.25, 0.3) is 11.0 Å². The number of para-hydroxylation sites is 2. The smallest absolute Gasteiger partial charge is 0.220 e. The number of nitrogens with one attached hydrogen (secondary N) is 1. The third-order valence-electron chi connectivity index (χ3n) is 6.02. The van der Waals surface area contributed by atoms with Crippen molar-refractivity contribution < 1.29 is 9.53 Å². The molecule has 0 saturated carbocycles. The normalized spacial score (nSPS) is 11.0.